The van der Waals surface area contributed by atoms with Gasteiger partial charge in [-0.1, -0.05) is 12.1 Å². The first-order chi connectivity index (χ1) is 9.11. The minimum atomic E-state index is -0.255. The molecule has 2 aromatic rings. The number of methoxy groups -OCH3 is 1. The Kier molecular flexibility index (Phi) is 3.79. The lowest BCUT2D eigenvalue weighted by molar-refractivity contribution is 0.399. The molecule has 0 fully saturated rings. The maximum absolute atomic E-state index is 12.8. The molecule has 0 aliphatic heterocycles. The van der Waals surface area contributed by atoms with Crippen molar-refractivity contribution in [1.82, 2.24) is 9.97 Å². The summed E-state index contributed by atoms with van der Waals surface area (Å²) in [5, 5.41) is 0. The van der Waals surface area contributed by atoms with Gasteiger partial charge in [0, 0.05) is 13.6 Å². The van der Waals surface area contributed by atoms with E-state index in [-0.39, 0.29) is 5.82 Å². The van der Waals surface area contributed by atoms with Gasteiger partial charge in [0.1, 0.15) is 17.8 Å². The van der Waals surface area contributed by atoms with Crippen molar-refractivity contribution in [2.45, 2.75) is 6.54 Å². The normalized spacial score (nSPS) is 10.3. The maximum atomic E-state index is 12.8. The number of ether oxygens (including phenoxy) is 1. The smallest absolute Gasteiger partial charge is 0.242 e. The molecular formula is C13H15FN4O. The van der Waals surface area contributed by atoms with Crippen LogP contribution >= 0.6 is 0 Å². The molecule has 0 unspecified atom stereocenters. The van der Waals surface area contributed by atoms with Gasteiger partial charge in [-0.3, -0.25) is 0 Å². The molecule has 2 N–H and O–H groups in total. The second-order valence-electron chi connectivity index (χ2n) is 4.10. The van der Waals surface area contributed by atoms with Crippen molar-refractivity contribution >= 4 is 11.5 Å². The van der Waals surface area contributed by atoms with E-state index in [2.05, 4.69) is 9.97 Å². The number of hydrogen-bond acceptors (Lipinski definition) is 5. The van der Waals surface area contributed by atoms with Crippen molar-refractivity contribution in [3.8, 4) is 5.88 Å². The minimum Gasteiger partial charge on any atom is -0.479 e. The second kappa shape index (κ2) is 5.51. The SMILES string of the molecule is COc1ncnc(N(C)Cc2ccc(F)cc2)c1N. The Bertz CT molecular complexity index is 559. The standard InChI is InChI=1S/C13H15FN4O/c1-18(7-9-3-5-10(14)6-4-9)12-11(15)13(19-2)17-8-16-12/h3-6,8H,7,15H2,1-2H3. The van der Waals surface area contributed by atoms with Crippen LogP contribution in [0.1, 0.15) is 5.56 Å². The number of halogens is 1. The lowest BCUT2D eigenvalue weighted by atomic mass is 10.2. The predicted octanol–water partition coefficient (Wildman–Crippen LogP) is 1.84. The van der Waals surface area contributed by atoms with E-state index in [4.69, 9.17) is 10.5 Å². The van der Waals surface area contributed by atoms with Gasteiger partial charge in [-0.05, 0) is 17.7 Å². The van der Waals surface area contributed by atoms with Crippen molar-refractivity contribution in [3.63, 3.8) is 0 Å². The van der Waals surface area contributed by atoms with Gasteiger partial charge in [0.2, 0.25) is 5.88 Å². The molecular weight excluding hydrogens is 247 g/mol. The third-order valence-electron chi connectivity index (χ3n) is 2.71. The van der Waals surface area contributed by atoms with Crippen LogP contribution in [-0.4, -0.2) is 24.1 Å². The first kappa shape index (κ1) is 13.1. The molecule has 0 saturated carbocycles. The summed E-state index contributed by atoms with van der Waals surface area (Å²) in [6, 6.07) is 6.29. The molecule has 0 bridgehead atoms. The third-order valence-corrected chi connectivity index (χ3v) is 2.71. The number of aromatic nitrogens is 2. The molecule has 0 aliphatic carbocycles. The highest BCUT2D eigenvalue weighted by Gasteiger charge is 2.12. The number of anilines is 2. The van der Waals surface area contributed by atoms with Crippen molar-refractivity contribution in [3.05, 3.63) is 42.0 Å². The highest BCUT2D eigenvalue weighted by atomic mass is 19.1. The minimum absolute atomic E-state index is 0.255. The summed E-state index contributed by atoms with van der Waals surface area (Å²) in [5.41, 5.74) is 7.26. The molecule has 0 aliphatic rings. The fourth-order valence-electron chi connectivity index (χ4n) is 1.78. The first-order valence-electron chi connectivity index (χ1n) is 5.72. The van der Waals surface area contributed by atoms with Crippen LogP contribution in [0.2, 0.25) is 0 Å². The Balaban J connectivity index is 2.20. The van der Waals surface area contributed by atoms with Crippen molar-refractivity contribution in [1.29, 1.82) is 0 Å². The van der Waals surface area contributed by atoms with Crippen LogP contribution in [0.4, 0.5) is 15.9 Å². The number of nitrogen functional groups attached to an aromatic ring is 1. The Labute approximate surface area is 110 Å². The molecule has 5 nitrogen and oxygen atoms in total. The molecule has 0 saturated heterocycles. The molecule has 19 heavy (non-hydrogen) atoms. The molecule has 0 amide bonds. The average Bonchev–Trinajstić information content (AvgIpc) is 2.41. The topological polar surface area (TPSA) is 64.3 Å². The van der Waals surface area contributed by atoms with Crippen LogP contribution in [0.25, 0.3) is 0 Å². The van der Waals surface area contributed by atoms with Crippen molar-refractivity contribution in [2.24, 2.45) is 0 Å². The molecule has 0 spiro atoms. The van der Waals surface area contributed by atoms with Gasteiger partial charge in [0.15, 0.2) is 5.82 Å². The Morgan fingerprint density at radius 3 is 2.58 bits per heavy atom. The largest absolute Gasteiger partial charge is 0.479 e. The van der Waals surface area contributed by atoms with E-state index >= 15 is 0 Å². The van der Waals surface area contributed by atoms with Crippen LogP contribution < -0.4 is 15.4 Å². The van der Waals surface area contributed by atoms with E-state index < -0.39 is 0 Å². The van der Waals surface area contributed by atoms with Gasteiger partial charge in [0.05, 0.1) is 7.11 Å². The molecule has 2 rings (SSSR count). The predicted molar refractivity (Wildman–Crippen MR) is 71.5 cm³/mol. The van der Waals surface area contributed by atoms with Gasteiger partial charge >= 0.3 is 0 Å². The third kappa shape index (κ3) is 2.90. The van der Waals surface area contributed by atoms with Crippen molar-refractivity contribution in [2.75, 3.05) is 24.8 Å². The summed E-state index contributed by atoms with van der Waals surface area (Å²) in [6.45, 7) is 0.560. The number of rotatable bonds is 4. The highest BCUT2D eigenvalue weighted by molar-refractivity contribution is 5.67. The summed E-state index contributed by atoms with van der Waals surface area (Å²) in [7, 11) is 3.35. The van der Waals surface area contributed by atoms with Crippen LogP contribution in [0.3, 0.4) is 0 Å². The van der Waals surface area contributed by atoms with Gasteiger partial charge in [-0.25, -0.2) is 9.37 Å². The summed E-state index contributed by atoms with van der Waals surface area (Å²) in [6.07, 6.45) is 1.39. The zero-order valence-corrected chi connectivity index (χ0v) is 10.8. The molecule has 6 heteroatoms. The lowest BCUT2D eigenvalue weighted by Gasteiger charge is -2.20. The van der Waals surface area contributed by atoms with E-state index in [0.29, 0.717) is 23.9 Å². The maximum Gasteiger partial charge on any atom is 0.242 e. The molecule has 0 atom stereocenters. The molecule has 0 radical (unpaired) electrons. The van der Waals surface area contributed by atoms with Gasteiger partial charge < -0.3 is 15.4 Å². The lowest BCUT2D eigenvalue weighted by Crippen LogP contribution is -2.19. The van der Waals surface area contributed by atoms with Crippen LogP contribution in [0.5, 0.6) is 5.88 Å². The van der Waals surface area contributed by atoms with Gasteiger partial charge in [0.25, 0.3) is 0 Å². The van der Waals surface area contributed by atoms with E-state index in [1.807, 2.05) is 11.9 Å². The monoisotopic (exact) mass is 262 g/mol. The highest BCUT2D eigenvalue weighted by Crippen LogP contribution is 2.27. The average molecular weight is 262 g/mol. The van der Waals surface area contributed by atoms with Gasteiger partial charge in [-0.2, -0.15) is 4.98 Å². The second-order valence-corrected chi connectivity index (χ2v) is 4.10. The Morgan fingerprint density at radius 2 is 1.95 bits per heavy atom. The van der Waals surface area contributed by atoms with E-state index in [1.165, 1.54) is 25.6 Å². The van der Waals surface area contributed by atoms with E-state index in [1.54, 1.807) is 12.1 Å². The van der Waals surface area contributed by atoms with Crippen LogP contribution in [0, 0.1) is 5.82 Å². The first-order valence-corrected chi connectivity index (χ1v) is 5.72. The summed E-state index contributed by atoms with van der Waals surface area (Å²) in [4.78, 5) is 9.91. The van der Waals surface area contributed by atoms with Gasteiger partial charge in [-0.15, -0.1) is 0 Å². The number of nitrogens with zero attached hydrogens (tertiary/aromatic N) is 3. The summed E-state index contributed by atoms with van der Waals surface area (Å²) >= 11 is 0. The summed E-state index contributed by atoms with van der Waals surface area (Å²) < 4.78 is 17.9. The fraction of sp³-hybridized carbons (Fsp3) is 0.231. The molecule has 1 heterocycles. The van der Waals surface area contributed by atoms with Crippen LogP contribution in [0.15, 0.2) is 30.6 Å². The Hall–Kier alpha value is -2.37. The zero-order valence-electron chi connectivity index (χ0n) is 10.8. The fourth-order valence-corrected chi connectivity index (χ4v) is 1.78. The van der Waals surface area contributed by atoms with Crippen LogP contribution in [-0.2, 0) is 6.54 Å². The number of benzene rings is 1. The summed E-state index contributed by atoms with van der Waals surface area (Å²) in [5.74, 6) is 0.668. The number of nitrogens with two attached hydrogens (primary N) is 1. The molecule has 1 aromatic heterocycles. The Morgan fingerprint density at radius 1 is 1.26 bits per heavy atom. The van der Waals surface area contributed by atoms with E-state index in [9.17, 15) is 4.39 Å². The number of hydrogen-bond donors (Lipinski definition) is 1. The zero-order chi connectivity index (χ0) is 13.8. The quantitative estimate of drug-likeness (QED) is 0.910. The van der Waals surface area contributed by atoms with Crippen molar-refractivity contribution < 1.29 is 9.13 Å². The molecule has 1 aromatic carbocycles. The van der Waals surface area contributed by atoms with E-state index in [0.717, 1.165) is 5.56 Å². The molecule has 100 valence electrons.